The van der Waals surface area contributed by atoms with Crippen LogP contribution < -0.4 is 5.73 Å². The van der Waals surface area contributed by atoms with Gasteiger partial charge < -0.3 is 10.8 Å². The Labute approximate surface area is 130 Å². The van der Waals surface area contributed by atoms with Gasteiger partial charge in [-0.15, -0.1) is 0 Å². The fourth-order valence-electron chi connectivity index (χ4n) is 1.66. The average Bonchev–Trinajstić information content (AvgIpc) is 2.35. The number of hydrogen-bond acceptors (Lipinski definition) is 4. The van der Waals surface area contributed by atoms with Gasteiger partial charge in [0.05, 0.1) is 17.0 Å². The molecule has 0 aliphatic rings. The number of amides is 1. The minimum Gasteiger partial charge on any atom is -0.478 e. The van der Waals surface area contributed by atoms with Gasteiger partial charge in [0.1, 0.15) is 0 Å². The van der Waals surface area contributed by atoms with Crippen LogP contribution in [0.15, 0.2) is 27.6 Å². The first-order valence-corrected chi connectivity index (χ1v) is 8.13. The largest absolute Gasteiger partial charge is 0.478 e. The lowest BCUT2D eigenvalue weighted by atomic mass is 10.2. The maximum absolute atomic E-state index is 12.6. The van der Waals surface area contributed by atoms with Crippen molar-refractivity contribution < 1.29 is 23.1 Å². The Morgan fingerprint density at radius 2 is 1.95 bits per heavy atom. The third-order valence-corrected chi connectivity index (χ3v) is 5.67. The first kappa shape index (κ1) is 17.6. The number of nitrogens with zero attached hydrogens (tertiary/aromatic N) is 1. The summed E-state index contributed by atoms with van der Waals surface area (Å²) >= 11 is 3.08. The number of rotatable bonds is 6. The molecule has 21 heavy (non-hydrogen) atoms. The van der Waals surface area contributed by atoms with Gasteiger partial charge in [-0.1, -0.05) is 0 Å². The number of carbonyl (C=O) groups is 2. The van der Waals surface area contributed by atoms with Gasteiger partial charge in [0, 0.05) is 10.5 Å². The maximum atomic E-state index is 12.6. The number of sulfonamides is 1. The van der Waals surface area contributed by atoms with Gasteiger partial charge in [0.25, 0.3) is 0 Å². The lowest BCUT2D eigenvalue weighted by Gasteiger charge is -2.25. The Bertz CT molecular complexity index is 672. The molecule has 0 aliphatic carbocycles. The zero-order chi connectivity index (χ0) is 16.4. The number of hydrogen-bond donors (Lipinski definition) is 2. The second-order valence-electron chi connectivity index (χ2n) is 4.56. The molecule has 0 aliphatic heterocycles. The highest BCUT2D eigenvalue weighted by Crippen LogP contribution is 2.27. The van der Waals surface area contributed by atoms with E-state index < -0.39 is 34.5 Å². The van der Waals surface area contributed by atoms with Crippen molar-refractivity contribution in [2.24, 2.45) is 5.73 Å². The molecule has 0 atom stereocenters. The quantitative estimate of drug-likeness (QED) is 0.766. The molecule has 0 bridgehead atoms. The molecule has 0 saturated carbocycles. The molecule has 0 aromatic heterocycles. The zero-order valence-corrected chi connectivity index (χ0v) is 13.8. The first-order chi connectivity index (χ1) is 9.57. The highest BCUT2D eigenvalue weighted by Gasteiger charge is 2.30. The van der Waals surface area contributed by atoms with Crippen molar-refractivity contribution in [2.45, 2.75) is 24.8 Å². The standard InChI is InChI=1S/C12H15BrN2O5S/c1-7(2)15(6-11(14)16)21(19,20)10-5-8(12(17)18)3-4-9(10)13/h3-5,7H,6H2,1-2H3,(H2,14,16)(H,17,18). The number of aromatic carboxylic acids is 1. The number of carboxylic acid groups (broad SMARTS) is 1. The van der Waals surface area contributed by atoms with Crippen LogP contribution in [0.3, 0.4) is 0 Å². The van der Waals surface area contributed by atoms with Crippen LogP contribution in [0.5, 0.6) is 0 Å². The number of carboxylic acids is 1. The van der Waals surface area contributed by atoms with E-state index in [-0.39, 0.29) is 14.9 Å². The number of halogens is 1. The van der Waals surface area contributed by atoms with Gasteiger partial charge in [-0.2, -0.15) is 4.31 Å². The number of carbonyl (C=O) groups excluding carboxylic acids is 1. The van der Waals surface area contributed by atoms with Crippen LogP contribution in [0.2, 0.25) is 0 Å². The van der Waals surface area contributed by atoms with E-state index in [1.807, 2.05) is 0 Å². The predicted octanol–water partition coefficient (Wildman–Crippen LogP) is 1.03. The van der Waals surface area contributed by atoms with Crippen LogP contribution in [0, 0.1) is 0 Å². The van der Waals surface area contributed by atoms with Crippen molar-refractivity contribution in [1.29, 1.82) is 0 Å². The second kappa shape index (κ2) is 6.54. The first-order valence-electron chi connectivity index (χ1n) is 5.90. The van der Waals surface area contributed by atoms with E-state index in [2.05, 4.69) is 15.9 Å². The van der Waals surface area contributed by atoms with Crippen LogP contribution in [0.1, 0.15) is 24.2 Å². The Balaban J connectivity index is 3.43. The highest BCUT2D eigenvalue weighted by molar-refractivity contribution is 9.10. The molecule has 0 spiro atoms. The van der Waals surface area contributed by atoms with Crippen LogP contribution >= 0.6 is 15.9 Å². The van der Waals surface area contributed by atoms with Gasteiger partial charge in [-0.25, -0.2) is 13.2 Å². The van der Waals surface area contributed by atoms with Gasteiger partial charge in [0.15, 0.2) is 0 Å². The molecule has 0 heterocycles. The molecular formula is C12H15BrN2O5S. The average molecular weight is 379 g/mol. The Kier molecular flexibility index (Phi) is 5.48. The summed E-state index contributed by atoms with van der Waals surface area (Å²) in [4.78, 5) is 21.8. The van der Waals surface area contributed by atoms with E-state index in [1.54, 1.807) is 13.8 Å². The monoisotopic (exact) mass is 378 g/mol. The third-order valence-electron chi connectivity index (χ3n) is 2.65. The van der Waals surface area contributed by atoms with Gasteiger partial charge in [0.2, 0.25) is 15.9 Å². The van der Waals surface area contributed by atoms with Gasteiger partial charge >= 0.3 is 5.97 Å². The summed E-state index contributed by atoms with van der Waals surface area (Å²) in [5.74, 6) is -2.04. The number of primary amides is 1. The van der Waals surface area contributed by atoms with Crippen LogP contribution in [-0.4, -0.2) is 42.3 Å². The van der Waals surface area contributed by atoms with Crippen LogP contribution in [0.4, 0.5) is 0 Å². The molecule has 0 fully saturated rings. The fraction of sp³-hybridized carbons (Fsp3) is 0.333. The minimum absolute atomic E-state index is 0.167. The lowest BCUT2D eigenvalue weighted by Crippen LogP contribution is -2.42. The van der Waals surface area contributed by atoms with E-state index in [0.717, 1.165) is 10.4 Å². The van der Waals surface area contributed by atoms with Crippen molar-refractivity contribution in [3.63, 3.8) is 0 Å². The van der Waals surface area contributed by atoms with E-state index in [0.29, 0.717) is 0 Å². The van der Waals surface area contributed by atoms with Gasteiger partial charge in [-0.3, -0.25) is 4.79 Å². The van der Waals surface area contributed by atoms with Crippen molar-refractivity contribution >= 4 is 37.8 Å². The Morgan fingerprint density at radius 3 is 2.38 bits per heavy atom. The molecule has 0 radical (unpaired) electrons. The van der Waals surface area contributed by atoms with Crippen molar-refractivity contribution in [2.75, 3.05) is 6.54 Å². The fourth-order valence-corrected chi connectivity index (χ4v) is 4.21. The summed E-state index contributed by atoms with van der Waals surface area (Å²) in [5, 5.41) is 8.96. The molecule has 1 aromatic rings. The van der Waals surface area contributed by atoms with Crippen LogP contribution in [0.25, 0.3) is 0 Å². The molecule has 1 rings (SSSR count). The Hall–Kier alpha value is -1.45. The molecule has 1 amide bonds. The number of benzene rings is 1. The Morgan fingerprint density at radius 1 is 1.38 bits per heavy atom. The summed E-state index contributed by atoms with van der Waals surface area (Å²) in [6.45, 7) is 2.70. The minimum atomic E-state index is -4.06. The molecule has 0 saturated heterocycles. The van der Waals surface area contributed by atoms with E-state index in [1.165, 1.54) is 12.1 Å². The lowest BCUT2D eigenvalue weighted by molar-refractivity contribution is -0.118. The third kappa shape index (κ3) is 4.02. The van der Waals surface area contributed by atoms with E-state index >= 15 is 0 Å². The summed E-state index contributed by atoms with van der Waals surface area (Å²) < 4.78 is 26.3. The van der Waals surface area contributed by atoms with Crippen molar-refractivity contribution in [1.82, 2.24) is 4.31 Å². The topological polar surface area (TPSA) is 118 Å². The molecule has 0 unspecified atom stereocenters. The highest BCUT2D eigenvalue weighted by atomic mass is 79.9. The van der Waals surface area contributed by atoms with Crippen molar-refractivity contribution in [3.05, 3.63) is 28.2 Å². The predicted molar refractivity (Wildman–Crippen MR) is 79.3 cm³/mol. The smallest absolute Gasteiger partial charge is 0.335 e. The normalized spacial score (nSPS) is 11.9. The molecule has 116 valence electrons. The molecule has 7 nitrogen and oxygen atoms in total. The summed E-state index contributed by atoms with van der Waals surface area (Å²) in [7, 11) is -4.06. The molecule has 1 aromatic carbocycles. The van der Waals surface area contributed by atoms with Gasteiger partial charge in [-0.05, 0) is 48.0 Å². The van der Waals surface area contributed by atoms with Crippen LogP contribution in [-0.2, 0) is 14.8 Å². The summed E-state index contributed by atoms with van der Waals surface area (Å²) in [6, 6.07) is 3.14. The molecular weight excluding hydrogens is 364 g/mol. The number of nitrogens with two attached hydrogens (primary N) is 1. The van der Waals surface area contributed by atoms with E-state index in [4.69, 9.17) is 10.8 Å². The summed E-state index contributed by atoms with van der Waals surface area (Å²) in [6.07, 6.45) is 0. The van der Waals surface area contributed by atoms with E-state index in [9.17, 15) is 18.0 Å². The zero-order valence-electron chi connectivity index (χ0n) is 11.4. The SMILES string of the molecule is CC(C)N(CC(N)=O)S(=O)(=O)c1cc(C(=O)O)ccc1Br. The summed E-state index contributed by atoms with van der Waals surface area (Å²) in [5.41, 5.74) is 4.90. The second-order valence-corrected chi connectivity index (χ2v) is 7.27. The van der Waals surface area contributed by atoms with Crippen molar-refractivity contribution in [3.8, 4) is 0 Å². The molecule has 9 heteroatoms. The maximum Gasteiger partial charge on any atom is 0.335 e. The molecule has 3 N–H and O–H groups in total.